The summed E-state index contributed by atoms with van der Waals surface area (Å²) in [5.74, 6) is -0.266. The van der Waals surface area contributed by atoms with E-state index in [-0.39, 0.29) is 11.8 Å². The zero-order valence-corrected chi connectivity index (χ0v) is 22.3. The van der Waals surface area contributed by atoms with Crippen LogP contribution < -0.4 is 10.6 Å². The Morgan fingerprint density at radius 3 is 2.63 bits per heavy atom. The number of anilines is 1. The van der Waals surface area contributed by atoms with Crippen molar-refractivity contribution in [2.75, 3.05) is 31.5 Å². The van der Waals surface area contributed by atoms with Crippen LogP contribution in [0.4, 0.5) is 5.69 Å². The maximum absolute atomic E-state index is 13.0. The van der Waals surface area contributed by atoms with E-state index >= 15 is 0 Å². The lowest BCUT2D eigenvalue weighted by molar-refractivity contribution is -0.110. The van der Waals surface area contributed by atoms with E-state index in [0.29, 0.717) is 17.7 Å². The molecule has 2 aromatic heterocycles. The van der Waals surface area contributed by atoms with E-state index in [0.717, 1.165) is 70.0 Å². The summed E-state index contributed by atoms with van der Waals surface area (Å²) >= 11 is 0. The number of hydrogen-bond donors (Lipinski definition) is 3. The van der Waals surface area contributed by atoms with E-state index in [1.165, 1.54) is 0 Å². The lowest BCUT2D eigenvalue weighted by atomic mass is 10.0. The number of aryl methyl sites for hydroxylation is 1. The number of pyridine rings is 1. The number of aromatic nitrogens is 2. The minimum Gasteiger partial charge on any atom is -0.358 e. The van der Waals surface area contributed by atoms with E-state index in [4.69, 9.17) is 4.98 Å². The van der Waals surface area contributed by atoms with Gasteiger partial charge in [0.25, 0.3) is 11.8 Å². The maximum atomic E-state index is 13.0. The Bertz CT molecular complexity index is 1560. The molecule has 0 atom stereocenters. The highest BCUT2D eigenvalue weighted by Crippen LogP contribution is 2.36. The van der Waals surface area contributed by atoms with Gasteiger partial charge in [-0.05, 0) is 56.8 Å². The molecule has 3 N–H and O–H groups in total. The van der Waals surface area contributed by atoms with Crippen molar-refractivity contribution in [3.05, 3.63) is 82.7 Å². The number of amides is 2. The maximum Gasteiger partial charge on any atom is 0.256 e. The second kappa shape index (κ2) is 10.6. The summed E-state index contributed by atoms with van der Waals surface area (Å²) < 4.78 is 0. The molecule has 1 aliphatic heterocycles. The van der Waals surface area contributed by atoms with Crippen LogP contribution in [0, 0.1) is 13.8 Å². The average molecular weight is 508 g/mol. The number of nitrogens with one attached hydrogen (secondary N) is 3. The van der Waals surface area contributed by atoms with Gasteiger partial charge in [0.15, 0.2) is 0 Å². The molecular formula is C31H33N5O2. The summed E-state index contributed by atoms with van der Waals surface area (Å²) in [7, 11) is 0. The molecule has 0 fully saturated rings. The largest absolute Gasteiger partial charge is 0.358 e. The summed E-state index contributed by atoms with van der Waals surface area (Å²) in [6, 6.07) is 18.0. The van der Waals surface area contributed by atoms with Gasteiger partial charge in [-0.2, -0.15) is 0 Å². The third-order valence-electron chi connectivity index (χ3n) is 7.30. The molecule has 7 heteroatoms. The van der Waals surface area contributed by atoms with E-state index in [1.807, 2.05) is 68.5 Å². The molecule has 0 saturated carbocycles. The minimum atomic E-state index is -0.166. The Morgan fingerprint density at radius 2 is 1.84 bits per heavy atom. The van der Waals surface area contributed by atoms with Crippen molar-refractivity contribution in [1.82, 2.24) is 20.2 Å². The van der Waals surface area contributed by atoms with Gasteiger partial charge in [-0.15, -0.1) is 0 Å². The Morgan fingerprint density at radius 1 is 1.05 bits per heavy atom. The number of carbonyl (C=O) groups is 2. The van der Waals surface area contributed by atoms with Gasteiger partial charge in [0.1, 0.15) is 0 Å². The molecule has 5 rings (SSSR count). The van der Waals surface area contributed by atoms with Crippen molar-refractivity contribution < 1.29 is 9.59 Å². The summed E-state index contributed by atoms with van der Waals surface area (Å²) in [5, 5.41) is 7.12. The van der Waals surface area contributed by atoms with Crippen molar-refractivity contribution in [2.45, 2.75) is 27.7 Å². The summed E-state index contributed by atoms with van der Waals surface area (Å²) in [5.41, 5.74) is 7.87. The molecule has 0 saturated heterocycles. The molecule has 0 unspecified atom stereocenters. The Kier molecular flexibility index (Phi) is 7.11. The molecule has 0 spiro atoms. The number of para-hydroxylation sites is 1. The van der Waals surface area contributed by atoms with Gasteiger partial charge in [-0.1, -0.05) is 50.2 Å². The predicted octanol–water partition coefficient (Wildman–Crippen LogP) is 5.41. The second-order valence-corrected chi connectivity index (χ2v) is 9.61. The molecule has 0 radical (unpaired) electrons. The number of nitrogens with zero attached hydrogens (tertiary/aromatic N) is 2. The third kappa shape index (κ3) is 4.85. The van der Waals surface area contributed by atoms with Crippen molar-refractivity contribution in [1.29, 1.82) is 0 Å². The lowest BCUT2D eigenvalue weighted by Gasteiger charge is -2.18. The normalized spacial score (nSPS) is 13.8. The van der Waals surface area contributed by atoms with Crippen molar-refractivity contribution in [3.8, 4) is 11.3 Å². The van der Waals surface area contributed by atoms with Crippen LogP contribution in [0.25, 0.3) is 33.8 Å². The third-order valence-corrected chi connectivity index (χ3v) is 7.30. The van der Waals surface area contributed by atoms with Gasteiger partial charge in [0.05, 0.1) is 22.3 Å². The molecule has 3 heterocycles. The zero-order valence-electron chi connectivity index (χ0n) is 22.3. The monoisotopic (exact) mass is 507 g/mol. The first-order valence-electron chi connectivity index (χ1n) is 13.1. The van der Waals surface area contributed by atoms with Gasteiger partial charge >= 0.3 is 0 Å². The van der Waals surface area contributed by atoms with Crippen LogP contribution in [-0.2, 0) is 4.79 Å². The average Bonchev–Trinajstić information content (AvgIpc) is 3.39. The van der Waals surface area contributed by atoms with Crippen LogP contribution in [0.5, 0.6) is 0 Å². The quantitative estimate of drug-likeness (QED) is 0.278. The van der Waals surface area contributed by atoms with Crippen LogP contribution in [0.15, 0.2) is 54.6 Å². The number of hydrogen-bond acceptors (Lipinski definition) is 4. The second-order valence-electron chi connectivity index (χ2n) is 9.61. The fraction of sp³-hybridized carbons (Fsp3) is 0.258. The topological polar surface area (TPSA) is 90.1 Å². The molecule has 194 valence electrons. The van der Waals surface area contributed by atoms with Gasteiger partial charge < -0.3 is 20.5 Å². The number of likely N-dealkylation sites (N-methyl/N-ethyl adjacent to an activating group) is 1. The molecule has 1 aliphatic rings. The molecule has 38 heavy (non-hydrogen) atoms. The SMILES string of the molecule is CCN(CC)CCNC(=O)c1c(C)[nH]c(/C=C2\C(=O)Nc3cc(-c4ccc5ccccc5n4)ccc32)c1C. The molecule has 0 aliphatic carbocycles. The minimum absolute atomic E-state index is 0.100. The fourth-order valence-corrected chi connectivity index (χ4v) is 5.08. The van der Waals surface area contributed by atoms with E-state index in [1.54, 1.807) is 0 Å². The standard InChI is InChI=1S/C31H33N5O2/c1-5-36(6-2)16-15-32-31(38)29-19(3)27(33-20(29)4)18-24-23-13-11-22(17-28(23)35-30(24)37)26-14-12-21-9-7-8-10-25(21)34-26/h7-14,17-18,33H,5-6,15-16H2,1-4H3,(H,32,38)(H,35,37)/b24-18-. The molecule has 0 bridgehead atoms. The van der Waals surface area contributed by atoms with Gasteiger partial charge in [0, 0.05) is 46.7 Å². The smallest absolute Gasteiger partial charge is 0.256 e. The highest BCUT2D eigenvalue weighted by molar-refractivity contribution is 6.35. The van der Waals surface area contributed by atoms with Crippen molar-refractivity contribution >= 4 is 40.1 Å². The first kappa shape index (κ1) is 25.4. The molecule has 2 aromatic carbocycles. The van der Waals surface area contributed by atoms with Gasteiger partial charge in [-0.3, -0.25) is 9.59 Å². The summed E-state index contributed by atoms with van der Waals surface area (Å²) in [4.78, 5) is 36.3. The molecule has 7 nitrogen and oxygen atoms in total. The predicted molar refractivity (Wildman–Crippen MR) is 154 cm³/mol. The van der Waals surface area contributed by atoms with E-state index < -0.39 is 0 Å². The highest BCUT2D eigenvalue weighted by Gasteiger charge is 2.26. The van der Waals surface area contributed by atoms with Gasteiger partial charge in [0.2, 0.25) is 0 Å². The number of H-pyrrole nitrogens is 1. The summed E-state index contributed by atoms with van der Waals surface area (Å²) in [6.07, 6.45) is 1.84. The molecule has 2 amide bonds. The lowest BCUT2D eigenvalue weighted by Crippen LogP contribution is -2.35. The van der Waals surface area contributed by atoms with Crippen LogP contribution in [0.1, 0.15) is 46.7 Å². The zero-order chi connectivity index (χ0) is 26.8. The number of benzene rings is 2. The first-order valence-corrected chi connectivity index (χ1v) is 13.1. The first-order chi connectivity index (χ1) is 18.4. The number of carbonyl (C=O) groups excluding carboxylic acids is 2. The van der Waals surface area contributed by atoms with Gasteiger partial charge in [-0.25, -0.2) is 4.98 Å². The Hall–Kier alpha value is -4.23. The van der Waals surface area contributed by atoms with E-state index in [9.17, 15) is 9.59 Å². The van der Waals surface area contributed by atoms with Crippen LogP contribution in [-0.4, -0.2) is 52.9 Å². The van der Waals surface area contributed by atoms with Crippen LogP contribution >= 0.6 is 0 Å². The van der Waals surface area contributed by atoms with Crippen molar-refractivity contribution in [3.63, 3.8) is 0 Å². The highest BCUT2D eigenvalue weighted by atomic mass is 16.2. The summed E-state index contributed by atoms with van der Waals surface area (Å²) in [6.45, 7) is 11.3. The number of fused-ring (bicyclic) bond motifs is 2. The van der Waals surface area contributed by atoms with Crippen LogP contribution in [0.2, 0.25) is 0 Å². The number of rotatable bonds is 8. The number of aromatic amines is 1. The van der Waals surface area contributed by atoms with E-state index in [2.05, 4.69) is 40.4 Å². The fourth-order valence-electron chi connectivity index (χ4n) is 5.08. The van der Waals surface area contributed by atoms with Crippen LogP contribution in [0.3, 0.4) is 0 Å². The Labute approximate surface area is 223 Å². The molecule has 4 aromatic rings. The van der Waals surface area contributed by atoms with Crippen molar-refractivity contribution in [2.24, 2.45) is 0 Å². The molecular weight excluding hydrogens is 474 g/mol. The Balaban J connectivity index is 1.39.